The normalized spacial score (nSPS) is 26.5. The molecule has 1 unspecified atom stereocenters. The van der Waals surface area contributed by atoms with E-state index in [2.05, 4.69) is 25.6 Å². The first-order valence-electron chi connectivity index (χ1n) is 11.3. The van der Waals surface area contributed by atoms with Gasteiger partial charge in [0.25, 0.3) is 5.92 Å². The van der Waals surface area contributed by atoms with Gasteiger partial charge in [-0.15, -0.1) is 0 Å². The lowest BCUT2D eigenvalue weighted by atomic mass is 9.85. The van der Waals surface area contributed by atoms with Gasteiger partial charge in [0, 0.05) is 39.0 Å². The zero-order valence-corrected chi connectivity index (χ0v) is 19.3. The maximum atomic E-state index is 14.5. The van der Waals surface area contributed by atoms with Crippen LogP contribution in [0.5, 0.6) is 0 Å². The minimum atomic E-state index is -4.72. The number of rotatable bonds is 4. The molecule has 2 aromatic heterocycles. The second kappa shape index (κ2) is 8.47. The molecule has 2 saturated heterocycles. The molecule has 0 bridgehead atoms. The van der Waals surface area contributed by atoms with Crippen LogP contribution in [0.2, 0.25) is 0 Å². The monoisotopic (exact) mass is 514 g/mol. The topological polar surface area (TPSA) is 102 Å². The van der Waals surface area contributed by atoms with E-state index in [0.29, 0.717) is 26.6 Å². The number of hydrogen-bond acceptors (Lipinski definition) is 8. The molecule has 9 nitrogen and oxygen atoms in total. The van der Waals surface area contributed by atoms with Crippen molar-refractivity contribution in [3.63, 3.8) is 0 Å². The number of nitrogens with zero attached hydrogens (tertiary/aromatic N) is 4. The fourth-order valence-electron chi connectivity index (χ4n) is 4.69. The summed E-state index contributed by atoms with van der Waals surface area (Å²) in [5, 5.41) is 5.50. The second-order valence-electron chi connectivity index (χ2n) is 9.17. The summed E-state index contributed by atoms with van der Waals surface area (Å²) in [7, 11) is 0. The van der Waals surface area contributed by atoms with Crippen LogP contribution in [0.1, 0.15) is 37.5 Å². The highest BCUT2D eigenvalue weighted by Crippen LogP contribution is 2.51. The molecule has 2 fully saturated rings. The van der Waals surface area contributed by atoms with Crippen LogP contribution in [0.15, 0.2) is 18.5 Å². The van der Waals surface area contributed by atoms with Crippen molar-refractivity contribution in [2.24, 2.45) is 0 Å². The standard InChI is InChI=1S/C22H23F5N6O3/c1-11-9-33(5-4-28-11)14-8-12(21(3-6-35-21)22(25,26)27)7-13(31-14)16-15-17(20(2,23)24)36-19(34)32-18(15)30-10-29-16/h7-8,10-11,17,28H,3-6,9H2,1-2H3,(H,29,30,32,34)/t11-,17+,21?/m0/s1. The van der Waals surface area contributed by atoms with Gasteiger partial charge in [0.15, 0.2) is 11.7 Å². The van der Waals surface area contributed by atoms with Gasteiger partial charge in [-0.05, 0) is 24.6 Å². The van der Waals surface area contributed by atoms with E-state index in [1.165, 1.54) is 6.07 Å². The number of halogens is 5. The van der Waals surface area contributed by atoms with Crippen LogP contribution in [-0.2, 0) is 15.1 Å². The minimum Gasteiger partial charge on any atom is -0.434 e. The molecule has 0 saturated carbocycles. The van der Waals surface area contributed by atoms with Gasteiger partial charge in [0.2, 0.25) is 0 Å². The fraction of sp³-hybridized carbons (Fsp3) is 0.545. The summed E-state index contributed by atoms with van der Waals surface area (Å²) in [6.45, 7) is 3.93. The molecular weight excluding hydrogens is 491 g/mol. The molecule has 14 heteroatoms. The molecule has 1 amide bonds. The van der Waals surface area contributed by atoms with E-state index >= 15 is 0 Å². The number of fused-ring (bicyclic) bond motifs is 1. The first kappa shape index (κ1) is 24.6. The second-order valence-corrected chi connectivity index (χ2v) is 9.17. The van der Waals surface area contributed by atoms with Gasteiger partial charge in [-0.1, -0.05) is 0 Å². The molecule has 0 spiro atoms. The van der Waals surface area contributed by atoms with E-state index in [9.17, 15) is 26.7 Å². The summed E-state index contributed by atoms with van der Waals surface area (Å²) in [6, 6.07) is 2.51. The molecule has 0 aliphatic carbocycles. The van der Waals surface area contributed by atoms with E-state index in [4.69, 9.17) is 9.47 Å². The Morgan fingerprint density at radius 3 is 2.56 bits per heavy atom. The predicted octanol–water partition coefficient (Wildman–Crippen LogP) is 3.77. The highest BCUT2D eigenvalue weighted by Gasteiger charge is 2.61. The third-order valence-corrected chi connectivity index (χ3v) is 6.53. The Morgan fingerprint density at radius 1 is 1.19 bits per heavy atom. The van der Waals surface area contributed by atoms with E-state index in [1.54, 1.807) is 0 Å². The maximum absolute atomic E-state index is 14.5. The molecule has 0 aromatic carbocycles. The number of carbonyl (C=O) groups is 1. The molecule has 3 atom stereocenters. The highest BCUT2D eigenvalue weighted by atomic mass is 19.4. The lowest BCUT2D eigenvalue weighted by molar-refractivity contribution is -0.333. The summed E-state index contributed by atoms with van der Waals surface area (Å²) >= 11 is 0. The average molecular weight is 514 g/mol. The van der Waals surface area contributed by atoms with Gasteiger partial charge in [-0.3, -0.25) is 5.32 Å². The molecule has 0 radical (unpaired) electrons. The minimum absolute atomic E-state index is 0.0442. The van der Waals surface area contributed by atoms with Crippen LogP contribution in [-0.4, -0.2) is 65.4 Å². The van der Waals surface area contributed by atoms with E-state index in [0.717, 1.165) is 12.4 Å². The molecule has 2 aromatic rings. The van der Waals surface area contributed by atoms with Crippen molar-refractivity contribution >= 4 is 17.7 Å². The number of nitrogens with one attached hydrogen (secondary N) is 2. The number of cyclic esters (lactones) is 1. The number of pyridine rings is 1. The van der Waals surface area contributed by atoms with Crippen molar-refractivity contribution in [2.45, 2.75) is 50.1 Å². The molecule has 3 aliphatic heterocycles. The third-order valence-electron chi connectivity index (χ3n) is 6.53. The van der Waals surface area contributed by atoms with Crippen LogP contribution < -0.4 is 15.5 Å². The largest absolute Gasteiger partial charge is 0.434 e. The molecular formula is C22H23F5N6O3. The predicted molar refractivity (Wildman–Crippen MR) is 117 cm³/mol. The van der Waals surface area contributed by atoms with Gasteiger partial charge < -0.3 is 19.7 Å². The van der Waals surface area contributed by atoms with Crippen molar-refractivity contribution in [2.75, 3.05) is 36.5 Å². The summed E-state index contributed by atoms with van der Waals surface area (Å²) in [4.78, 5) is 26.2. The first-order chi connectivity index (χ1) is 16.9. The number of amides is 1. The van der Waals surface area contributed by atoms with Gasteiger partial charge in [-0.25, -0.2) is 28.5 Å². The van der Waals surface area contributed by atoms with Crippen molar-refractivity contribution < 1.29 is 36.2 Å². The molecule has 5 rings (SSSR count). The number of anilines is 2. The lowest BCUT2D eigenvalue weighted by Gasteiger charge is -2.44. The summed E-state index contributed by atoms with van der Waals surface area (Å²) in [5.74, 6) is -3.54. The van der Waals surface area contributed by atoms with Crippen molar-refractivity contribution in [1.29, 1.82) is 0 Å². The third kappa shape index (κ3) is 4.11. The van der Waals surface area contributed by atoms with Gasteiger partial charge in [0.05, 0.1) is 17.9 Å². The van der Waals surface area contributed by atoms with Crippen LogP contribution in [0.25, 0.3) is 11.4 Å². The Balaban J connectivity index is 1.71. The zero-order chi connectivity index (χ0) is 25.9. The molecule has 2 N–H and O–H groups in total. The average Bonchev–Trinajstić information content (AvgIpc) is 2.75. The smallest absolute Gasteiger partial charge is 0.421 e. The summed E-state index contributed by atoms with van der Waals surface area (Å²) in [5.41, 5.74) is -3.30. The number of alkyl halides is 5. The number of aromatic nitrogens is 3. The Hall–Kier alpha value is -3.13. The van der Waals surface area contributed by atoms with E-state index in [-0.39, 0.29) is 53.2 Å². The Labute approximate surface area is 202 Å². The first-order valence-corrected chi connectivity index (χ1v) is 11.3. The zero-order valence-electron chi connectivity index (χ0n) is 19.3. The van der Waals surface area contributed by atoms with Crippen molar-refractivity contribution in [3.8, 4) is 11.4 Å². The summed E-state index contributed by atoms with van der Waals surface area (Å²) in [6.07, 6.45) is -7.20. The summed E-state index contributed by atoms with van der Waals surface area (Å²) < 4.78 is 81.5. The van der Waals surface area contributed by atoms with Crippen LogP contribution in [0.3, 0.4) is 0 Å². The van der Waals surface area contributed by atoms with Crippen LogP contribution >= 0.6 is 0 Å². The Morgan fingerprint density at radius 2 is 1.94 bits per heavy atom. The molecule has 3 aliphatic rings. The molecule has 36 heavy (non-hydrogen) atoms. The Bertz CT molecular complexity index is 1180. The number of hydrogen-bond donors (Lipinski definition) is 2. The SMILES string of the molecule is C[C@H]1CN(c2cc(C3(C(F)(F)F)CCO3)cc(-c3ncnc4c3[C@H](C(C)(F)F)OC(=O)N4)n2)CCN1. The van der Waals surface area contributed by atoms with Gasteiger partial charge >= 0.3 is 12.3 Å². The number of ether oxygens (including phenoxy) is 2. The quantitative estimate of drug-likeness (QED) is 0.595. The molecule has 194 valence electrons. The van der Waals surface area contributed by atoms with Crippen LogP contribution in [0, 0.1) is 0 Å². The van der Waals surface area contributed by atoms with Gasteiger partial charge in [-0.2, -0.15) is 13.2 Å². The van der Waals surface area contributed by atoms with Crippen LogP contribution in [0.4, 0.5) is 38.4 Å². The van der Waals surface area contributed by atoms with E-state index < -0.39 is 29.9 Å². The fourth-order valence-corrected chi connectivity index (χ4v) is 4.69. The number of piperazine rings is 1. The van der Waals surface area contributed by atoms with E-state index in [1.807, 2.05) is 11.8 Å². The Kier molecular flexibility index (Phi) is 5.78. The maximum Gasteiger partial charge on any atom is 0.421 e. The van der Waals surface area contributed by atoms with Crippen molar-refractivity contribution in [3.05, 3.63) is 29.6 Å². The lowest BCUT2D eigenvalue weighted by Crippen LogP contribution is -2.53. The molecule has 5 heterocycles. The van der Waals surface area contributed by atoms with Gasteiger partial charge in [0.1, 0.15) is 23.7 Å². The van der Waals surface area contributed by atoms with Crippen molar-refractivity contribution in [1.82, 2.24) is 20.3 Å². The highest BCUT2D eigenvalue weighted by molar-refractivity contribution is 5.88. The number of carbonyl (C=O) groups excluding carboxylic acids is 1.